The normalized spacial score (nSPS) is 20.8. The smallest absolute Gasteiger partial charge is 0.407 e. The molecule has 2 aliphatic heterocycles. The second-order valence-electron chi connectivity index (χ2n) is 8.76. The van der Waals surface area contributed by atoms with Crippen molar-refractivity contribution in [2.24, 2.45) is 5.92 Å². The molecule has 4 rings (SSSR count). The maximum absolute atomic E-state index is 13.4. The number of carbonyl (C=O) groups excluding carboxylic acids is 1. The molecule has 3 heterocycles. The summed E-state index contributed by atoms with van der Waals surface area (Å²) in [6, 6.07) is 10.6. The molecule has 0 saturated carbocycles. The number of carboxylic acid groups (broad SMARTS) is 1. The van der Waals surface area contributed by atoms with Crippen LogP contribution in [0.3, 0.4) is 0 Å². The summed E-state index contributed by atoms with van der Waals surface area (Å²) in [6.45, 7) is 2.15. The third-order valence-electron chi connectivity index (χ3n) is 6.82. The van der Waals surface area contributed by atoms with Crippen LogP contribution in [0.15, 0.2) is 36.5 Å². The summed E-state index contributed by atoms with van der Waals surface area (Å²) in [5.74, 6) is 0.536. The summed E-state index contributed by atoms with van der Waals surface area (Å²) in [5.41, 5.74) is 1.38. The highest BCUT2D eigenvalue weighted by Gasteiger charge is 2.42. The number of nitrogens with zero attached hydrogens (tertiary/aromatic N) is 5. The molecular weight excluding hydrogens is 477 g/mol. The quantitative estimate of drug-likeness (QED) is 0.677. The van der Waals surface area contributed by atoms with Crippen LogP contribution in [0.5, 0.6) is 0 Å². The molecule has 10 heteroatoms. The van der Waals surface area contributed by atoms with Gasteiger partial charge >= 0.3 is 6.09 Å². The Kier molecular flexibility index (Phi) is 7.15. The van der Waals surface area contributed by atoms with Gasteiger partial charge in [-0.3, -0.25) is 4.79 Å². The first-order valence-electron chi connectivity index (χ1n) is 11.1. The van der Waals surface area contributed by atoms with Crippen LogP contribution in [0, 0.1) is 17.2 Å². The van der Waals surface area contributed by atoms with E-state index in [9.17, 15) is 14.7 Å². The molecule has 34 heavy (non-hydrogen) atoms. The molecule has 8 nitrogen and oxygen atoms in total. The molecule has 0 radical (unpaired) electrons. The van der Waals surface area contributed by atoms with E-state index < -0.39 is 6.09 Å². The van der Waals surface area contributed by atoms with E-state index >= 15 is 0 Å². The minimum atomic E-state index is -1.03. The van der Waals surface area contributed by atoms with E-state index in [1.165, 1.54) is 11.9 Å². The van der Waals surface area contributed by atoms with Crippen molar-refractivity contribution in [2.75, 3.05) is 38.1 Å². The molecule has 1 aromatic carbocycles. The minimum Gasteiger partial charge on any atom is -0.465 e. The molecule has 2 amide bonds. The number of anilines is 1. The van der Waals surface area contributed by atoms with E-state index in [2.05, 4.69) is 16.0 Å². The number of pyridine rings is 1. The first-order valence-corrected chi connectivity index (χ1v) is 11.8. The Morgan fingerprint density at radius 1 is 1.15 bits per heavy atom. The largest absolute Gasteiger partial charge is 0.465 e. The molecule has 2 aliphatic rings. The predicted octanol–water partition coefficient (Wildman–Crippen LogP) is 4.08. The number of halogens is 2. The van der Waals surface area contributed by atoms with Gasteiger partial charge in [-0.2, -0.15) is 5.26 Å². The lowest BCUT2D eigenvalue weighted by molar-refractivity contribution is -0.135. The second-order valence-corrected chi connectivity index (χ2v) is 9.58. The summed E-state index contributed by atoms with van der Waals surface area (Å²) in [7, 11) is 1.54. The molecular formula is C24H25Cl2N5O3. The van der Waals surface area contributed by atoms with Crippen molar-refractivity contribution in [3.8, 4) is 6.07 Å². The van der Waals surface area contributed by atoms with Gasteiger partial charge in [0.2, 0.25) is 5.91 Å². The number of likely N-dealkylation sites (N-methyl/N-ethyl adjacent to an activating group) is 1. The Morgan fingerprint density at radius 2 is 1.88 bits per heavy atom. The fraction of sp³-hybridized carbons (Fsp3) is 0.417. The predicted molar refractivity (Wildman–Crippen MR) is 129 cm³/mol. The Morgan fingerprint density at radius 3 is 2.47 bits per heavy atom. The molecule has 2 atom stereocenters. The van der Waals surface area contributed by atoms with Gasteiger partial charge in [0, 0.05) is 51.3 Å². The van der Waals surface area contributed by atoms with Crippen LogP contribution in [0.1, 0.15) is 29.9 Å². The molecule has 1 N–H and O–H groups in total. The van der Waals surface area contributed by atoms with Crippen molar-refractivity contribution in [1.29, 1.82) is 5.26 Å². The number of benzene rings is 1. The molecule has 0 unspecified atom stereocenters. The highest BCUT2D eigenvalue weighted by Crippen LogP contribution is 2.35. The SMILES string of the molecule is CN(C(=O)O)[C@H]1CN(C(=O)C2CCN(c3ccc(C#N)cn3)CC2)C[C@@H]1c1ccc(Cl)c(Cl)c1. The highest BCUT2D eigenvalue weighted by molar-refractivity contribution is 6.42. The van der Waals surface area contributed by atoms with Gasteiger partial charge in [0.25, 0.3) is 0 Å². The van der Waals surface area contributed by atoms with Crippen molar-refractivity contribution in [3.05, 3.63) is 57.7 Å². The second kappa shape index (κ2) is 10.1. The van der Waals surface area contributed by atoms with Crippen LogP contribution < -0.4 is 4.90 Å². The lowest BCUT2D eigenvalue weighted by atomic mass is 9.93. The van der Waals surface area contributed by atoms with E-state index in [1.807, 2.05) is 12.1 Å². The first-order chi connectivity index (χ1) is 16.3. The van der Waals surface area contributed by atoms with Crippen molar-refractivity contribution in [2.45, 2.75) is 24.8 Å². The molecule has 1 aromatic heterocycles. The Hall–Kier alpha value is -3.02. The minimum absolute atomic E-state index is 0.0544. The van der Waals surface area contributed by atoms with E-state index in [4.69, 9.17) is 28.5 Å². The maximum atomic E-state index is 13.4. The molecule has 0 aliphatic carbocycles. The zero-order valence-electron chi connectivity index (χ0n) is 18.7. The van der Waals surface area contributed by atoms with E-state index in [-0.39, 0.29) is 23.8 Å². The number of carbonyl (C=O) groups is 2. The average Bonchev–Trinajstić information content (AvgIpc) is 3.30. The standard InChI is InChI=1S/C24H25Cl2N5O3/c1-29(24(33)34)21-14-31(13-18(21)17-3-4-19(25)20(26)10-17)23(32)16-6-8-30(9-7-16)22-5-2-15(11-27)12-28-22/h2-5,10,12,16,18,21H,6-9,13-14H2,1H3,(H,33,34)/t18-,21+/m1/s1. The molecule has 0 bridgehead atoms. The Labute approximate surface area is 208 Å². The molecule has 178 valence electrons. The van der Waals surface area contributed by atoms with Gasteiger partial charge in [0.05, 0.1) is 21.7 Å². The third kappa shape index (κ3) is 4.91. The number of piperidine rings is 1. The summed E-state index contributed by atoms with van der Waals surface area (Å²) >= 11 is 12.3. The Balaban J connectivity index is 1.45. The number of hydrogen-bond donors (Lipinski definition) is 1. The van der Waals surface area contributed by atoms with Crippen LogP contribution in [-0.4, -0.2) is 71.2 Å². The number of likely N-dealkylation sites (tertiary alicyclic amines) is 1. The van der Waals surface area contributed by atoms with E-state index in [1.54, 1.807) is 29.3 Å². The maximum Gasteiger partial charge on any atom is 0.407 e. The van der Waals surface area contributed by atoms with Crippen LogP contribution in [-0.2, 0) is 4.79 Å². The molecule has 2 saturated heterocycles. The summed E-state index contributed by atoms with van der Waals surface area (Å²) in [4.78, 5) is 34.7. The monoisotopic (exact) mass is 501 g/mol. The van der Waals surface area contributed by atoms with Gasteiger partial charge in [0.1, 0.15) is 11.9 Å². The number of nitriles is 1. The van der Waals surface area contributed by atoms with E-state index in [0.717, 1.165) is 11.4 Å². The zero-order valence-corrected chi connectivity index (χ0v) is 20.2. The lowest BCUT2D eigenvalue weighted by Crippen LogP contribution is -2.44. The van der Waals surface area contributed by atoms with Crippen molar-refractivity contribution in [1.82, 2.24) is 14.8 Å². The van der Waals surface area contributed by atoms with Crippen LogP contribution in [0.25, 0.3) is 0 Å². The molecule has 0 spiro atoms. The van der Waals surface area contributed by atoms with Crippen LogP contribution in [0.4, 0.5) is 10.6 Å². The van der Waals surface area contributed by atoms with Crippen LogP contribution >= 0.6 is 23.2 Å². The topological polar surface area (TPSA) is 101 Å². The molecule has 2 fully saturated rings. The zero-order chi connectivity index (χ0) is 24.4. The number of hydrogen-bond acceptors (Lipinski definition) is 5. The first kappa shape index (κ1) is 24.1. The van der Waals surface area contributed by atoms with Gasteiger partial charge < -0.3 is 19.8 Å². The van der Waals surface area contributed by atoms with E-state index in [0.29, 0.717) is 54.6 Å². The van der Waals surface area contributed by atoms with Gasteiger partial charge in [-0.25, -0.2) is 9.78 Å². The average molecular weight is 502 g/mol. The fourth-order valence-corrected chi connectivity index (χ4v) is 5.13. The van der Waals surface area contributed by atoms with Crippen molar-refractivity contribution >= 4 is 41.0 Å². The van der Waals surface area contributed by atoms with Gasteiger partial charge in [0.15, 0.2) is 0 Å². The highest BCUT2D eigenvalue weighted by atomic mass is 35.5. The summed E-state index contributed by atoms with van der Waals surface area (Å²) in [5, 5.41) is 19.4. The number of rotatable bonds is 4. The van der Waals surface area contributed by atoms with Gasteiger partial charge in [-0.1, -0.05) is 29.3 Å². The lowest BCUT2D eigenvalue weighted by Gasteiger charge is -2.34. The fourth-order valence-electron chi connectivity index (χ4n) is 4.82. The van der Waals surface area contributed by atoms with Gasteiger partial charge in [-0.05, 0) is 42.7 Å². The van der Waals surface area contributed by atoms with Crippen molar-refractivity contribution < 1.29 is 14.7 Å². The molecule has 2 aromatic rings. The van der Waals surface area contributed by atoms with Crippen molar-refractivity contribution in [3.63, 3.8) is 0 Å². The van der Waals surface area contributed by atoms with Crippen LogP contribution in [0.2, 0.25) is 10.0 Å². The summed E-state index contributed by atoms with van der Waals surface area (Å²) in [6.07, 6.45) is 1.90. The summed E-state index contributed by atoms with van der Waals surface area (Å²) < 4.78 is 0. The Bertz CT molecular complexity index is 1110. The number of amides is 2. The third-order valence-corrected chi connectivity index (χ3v) is 7.56. The number of aromatic nitrogens is 1. The van der Waals surface area contributed by atoms with Gasteiger partial charge in [-0.15, -0.1) is 0 Å².